The van der Waals surface area contributed by atoms with Crippen molar-refractivity contribution in [1.82, 2.24) is 0 Å². The smallest absolute Gasteiger partial charge is 0.145 e. The minimum absolute atomic E-state index is 0.647. The van der Waals surface area contributed by atoms with Crippen molar-refractivity contribution < 1.29 is 4.79 Å². The zero-order valence-corrected chi connectivity index (χ0v) is 10.6. The van der Waals surface area contributed by atoms with E-state index in [4.69, 9.17) is 0 Å². The molecule has 1 aliphatic carbocycles. The molecule has 0 saturated heterocycles. The molecular formula is C15H22O. The number of allylic oxidation sites excluding steroid dienone is 6. The Morgan fingerprint density at radius 3 is 2.62 bits per heavy atom. The molecule has 0 aromatic carbocycles. The monoisotopic (exact) mass is 218 g/mol. The molecule has 1 unspecified atom stereocenters. The molecule has 0 saturated carbocycles. The van der Waals surface area contributed by atoms with Crippen molar-refractivity contribution in [3.8, 4) is 0 Å². The minimum Gasteiger partial charge on any atom is -0.298 e. The fourth-order valence-electron chi connectivity index (χ4n) is 2.02. The number of hydrogen-bond acceptors (Lipinski definition) is 1. The van der Waals surface area contributed by atoms with E-state index in [0.717, 1.165) is 37.5 Å². The molecule has 0 aliphatic heterocycles. The van der Waals surface area contributed by atoms with Gasteiger partial charge in [0, 0.05) is 0 Å². The third kappa shape index (κ3) is 4.18. The zero-order valence-electron chi connectivity index (χ0n) is 10.6. The van der Waals surface area contributed by atoms with Gasteiger partial charge in [0.1, 0.15) is 6.29 Å². The summed E-state index contributed by atoms with van der Waals surface area (Å²) in [6.07, 6.45) is 11.8. The largest absolute Gasteiger partial charge is 0.298 e. The summed E-state index contributed by atoms with van der Waals surface area (Å²) in [4.78, 5) is 10.6. The van der Waals surface area contributed by atoms with Crippen molar-refractivity contribution in [3.63, 3.8) is 0 Å². The van der Waals surface area contributed by atoms with Gasteiger partial charge in [-0.1, -0.05) is 29.4 Å². The van der Waals surface area contributed by atoms with Crippen LogP contribution in [0.5, 0.6) is 0 Å². The van der Waals surface area contributed by atoms with E-state index in [1.54, 1.807) is 0 Å². The molecule has 0 N–H and O–H groups in total. The van der Waals surface area contributed by atoms with Crippen LogP contribution in [0.2, 0.25) is 0 Å². The Morgan fingerprint density at radius 1 is 1.38 bits per heavy atom. The molecule has 1 nitrogen and oxygen atoms in total. The molecule has 0 bridgehead atoms. The molecule has 0 radical (unpaired) electrons. The Kier molecular flexibility index (Phi) is 5.24. The predicted octanol–water partition coefficient (Wildman–Crippen LogP) is 4.21. The van der Waals surface area contributed by atoms with Gasteiger partial charge in [0.2, 0.25) is 0 Å². The van der Waals surface area contributed by atoms with Crippen LogP contribution in [0.25, 0.3) is 0 Å². The van der Waals surface area contributed by atoms with E-state index in [0.29, 0.717) is 5.92 Å². The van der Waals surface area contributed by atoms with Gasteiger partial charge in [-0.2, -0.15) is 0 Å². The van der Waals surface area contributed by atoms with Crippen LogP contribution >= 0.6 is 0 Å². The summed E-state index contributed by atoms with van der Waals surface area (Å²) in [5, 5.41) is 0. The third-order valence-corrected chi connectivity index (χ3v) is 3.21. The first kappa shape index (κ1) is 13.0. The molecule has 0 aromatic rings. The van der Waals surface area contributed by atoms with Gasteiger partial charge in [0.05, 0.1) is 0 Å². The standard InChI is InChI=1S/C15H22O/c1-12(2)5-4-6-13(3)15-9-7-14(11-16)8-10-15/h5-7,11,15H,4,8-10H2,1-3H3/b13-6-. The Balaban J connectivity index is 2.50. The first-order valence-electron chi connectivity index (χ1n) is 6.07. The average Bonchev–Trinajstić information content (AvgIpc) is 2.28. The van der Waals surface area contributed by atoms with E-state index >= 15 is 0 Å². The number of aldehydes is 1. The van der Waals surface area contributed by atoms with Crippen molar-refractivity contribution in [2.75, 3.05) is 0 Å². The molecule has 0 aromatic heterocycles. The zero-order chi connectivity index (χ0) is 12.0. The van der Waals surface area contributed by atoms with Crippen LogP contribution in [-0.4, -0.2) is 6.29 Å². The van der Waals surface area contributed by atoms with Gasteiger partial charge < -0.3 is 0 Å². The summed E-state index contributed by atoms with van der Waals surface area (Å²) in [5.41, 5.74) is 3.82. The van der Waals surface area contributed by atoms with E-state index < -0.39 is 0 Å². The van der Waals surface area contributed by atoms with Crippen LogP contribution in [-0.2, 0) is 4.79 Å². The Bertz CT molecular complexity index is 327. The summed E-state index contributed by atoms with van der Waals surface area (Å²) in [5.74, 6) is 0.647. The third-order valence-electron chi connectivity index (χ3n) is 3.21. The molecule has 0 heterocycles. The lowest BCUT2D eigenvalue weighted by molar-refractivity contribution is -0.105. The van der Waals surface area contributed by atoms with E-state index in [1.807, 2.05) is 0 Å². The average molecular weight is 218 g/mol. The van der Waals surface area contributed by atoms with Crippen LogP contribution in [0.4, 0.5) is 0 Å². The quantitative estimate of drug-likeness (QED) is 0.510. The second kappa shape index (κ2) is 6.47. The first-order valence-corrected chi connectivity index (χ1v) is 6.07. The van der Waals surface area contributed by atoms with Crippen molar-refractivity contribution >= 4 is 6.29 Å². The van der Waals surface area contributed by atoms with E-state index in [1.165, 1.54) is 11.1 Å². The van der Waals surface area contributed by atoms with E-state index in [2.05, 4.69) is 39.0 Å². The highest BCUT2D eigenvalue weighted by atomic mass is 16.1. The first-order chi connectivity index (χ1) is 7.63. The Hall–Kier alpha value is -1.11. The summed E-state index contributed by atoms with van der Waals surface area (Å²) in [6.45, 7) is 6.47. The molecule has 16 heavy (non-hydrogen) atoms. The lowest BCUT2D eigenvalue weighted by Crippen LogP contribution is -2.07. The van der Waals surface area contributed by atoms with Gasteiger partial charge in [-0.3, -0.25) is 4.79 Å². The highest BCUT2D eigenvalue weighted by Gasteiger charge is 2.14. The second-order valence-electron chi connectivity index (χ2n) is 4.83. The molecule has 1 rings (SSSR count). The molecule has 0 spiro atoms. The predicted molar refractivity (Wildman–Crippen MR) is 69.3 cm³/mol. The highest BCUT2D eigenvalue weighted by molar-refractivity contribution is 5.73. The fourth-order valence-corrected chi connectivity index (χ4v) is 2.02. The number of hydrogen-bond donors (Lipinski definition) is 0. The van der Waals surface area contributed by atoms with Gasteiger partial charge in [-0.15, -0.1) is 0 Å². The Labute approximate surface area is 98.9 Å². The van der Waals surface area contributed by atoms with Crippen LogP contribution in [0.3, 0.4) is 0 Å². The lowest BCUT2D eigenvalue weighted by atomic mass is 9.85. The summed E-state index contributed by atoms with van der Waals surface area (Å²) < 4.78 is 0. The van der Waals surface area contributed by atoms with Crippen molar-refractivity contribution in [2.45, 2.75) is 46.5 Å². The molecule has 0 amide bonds. The number of rotatable bonds is 4. The van der Waals surface area contributed by atoms with E-state index in [-0.39, 0.29) is 0 Å². The van der Waals surface area contributed by atoms with Crippen molar-refractivity contribution in [1.29, 1.82) is 0 Å². The maximum Gasteiger partial charge on any atom is 0.145 e. The van der Waals surface area contributed by atoms with Crippen LogP contribution < -0.4 is 0 Å². The lowest BCUT2D eigenvalue weighted by Gasteiger charge is -2.20. The molecule has 88 valence electrons. The van der Waals surface area contributed by atoms with Gasteiger partial charge in [0.15, 0.2) is 0 Å². The molecule has 0 fully saturated rings. The minimum atomic E-state index is 0.647. The van der Waals surface area contributed by atoms with Gasteiger partial charge in [-0.25, -0.2) is 0 Å². The summed E-state index contributed by atoms with van der Waals surface area (Å²) in [7, 11) is 0. The normalized spacial score (nSPS) is 21.3. The number of carbonyl (C=O) groups excluding carboxylic acids is 1. The van der Waals surface area contributed by atoms with Gasteiger partial charge >= 0.3 is 0 Å². The van der Waals surface area contributed by atoms with Crippen LogP contribution in [0, 0.1) is 5.92 Å². The molecule has 1 atom stereocenters. The number of carbonyl (C=O) groups is 1. The molecular weight excluding hydrogens is 196 g/mol. The van der Waals surface area contributed by atoms with Gasteiger partial charge in [-0.05, 0) is 57.9 Å². The SMILES string of the molecule is CC(C)=CC/C=C(/C)C1CC=C(C=O)CC1. The van der Waals surface area contributed by atoms with Gasteiger partial charge in [0.25, 0.3) is 0 Å². The highest BCUT2D eigenvalue weighted by Crippen LogP contribution is 2.28. The topological polar surface area (TPSA) is 17.1 Å². The summed E-state index contributed by atoms with van der Waals surface area (Å²) in [6, 6.07) is 0. The van der Waals surface area contributed by atoms with Crippen LogP contribution in [0.15, 0.2) is 34.9 Å². The second-order valence-corrected chi connectivity index (χ2v) is 4.83. The fraction of sp³-hybridized carbons (Fsp3) is 0.533. The van der Waals surface area contributed by atoms with Crippen molar-refractivity contribution in [3.05, 3.63) is 34.9 Å². The van der Waals surface area contributed by atoms with Crippen LogP contribution in [0.1, 0.15) is 46.5 Å². The maximum atomic E-state index is 10.6. The Morgan fingerprint density at radius 2 is 2.12 bits per heavy atom. The molecule has 1 heteroatoms. The maximum absolute atomic E-state index is 10.6. The summed E-state index contributed by atoms with van der Waals surface area (Å²) >= 11 is 0. The van der Waals surface area contributed by atoms with E-state index in [9.17, 15) is 4.79 Å². The van der Waals surface area contributed by atoms with Crippen molar-refractivity contribution in [2.24, 2.45) is 5.92 Å². The molecule has 1 aliphatic rings.